The van der Waals surface area contributed by atoms with Gasteiger partial charge < -0.3 is 4.98 Å². The molecule has 2 heteroatoms. The quantitative estimate of drug-likeness (QED) is 0.583. The molecule has 0 radical (unpaired) electrons. The Morgan fingerprint density at radius 3 is 3.10 bits per heavy atom. The monoisotopic (exact) mass is 132 g/mol. The largest absolute Gasteiger partial charge is 0.367 e. The molecule has 0 aliphatic rings. The molecule has 0 unspecified atom stereocenters. The summed E-state index contributed by atoms with van der Waals surface area (Å²) < 4.78 is 0. The van der Waals surface area contributed by atoms with E-state index in [0.29, 0.717) is 0 Å². The van der Waals surface area contributed by atoms with Crippen molar-refractivity contribution >= 4 is 6.08 Å². The second kappa shape index (κ2) is 2.88. The van der Waals surface area contributed by atoms with Crippen LogP contribution in [-0.2, 0) is 0 Å². The van der Waals surface area contributed by atoms with Crippen molar-refractivity contribution in [2.24, 2.45) is 0 Å². The van der Waals surface area contributed by atoms with E-state index in [1.165, 1.54) is 0 Å². The van der Waals surface area contributed by atoms with E-state index in [0.717, 1.165) is 11.1 Å². The minimum Gasteiger partial charge on any atom is -0.367 e. The molecule has 1 heterocycles. The lowest BCUT2D eigenvalue weighted by atomic mass is 10.2. The SMILES string of the molecule is C/C(C#N)=C/c1cc[nH]c1. The van der Waals surface area contributed by atoms with Crippen molar-refractivity contribution < 1.29 is 0 Å². The molecule has 1 N–H and O–H groups in total. The fraction of sp³-hybridized carbons (Fsp3) is 0.125. The van der Waals surface area contributed by atoms with Crippen LogP contribution in [0.4, 0.5) is 0 Å². The maximum absolute atomic E-state index is 8.41. The highest BCUT2D eigenvalue weighted by Crippen LogP contribution is 2.03. The fourth-order valence-corrected chi connectivity index (χ4v) is 0.709. The van der Waals surface area contributed by atoms with Crippen LogP contribution in [0.5, 0.6) is 0 Å². The highest BCUT2D eigenvalue weighted by Gasteiger charge is 1.86. The van der Waals surface area contributed by atoms with E-state index < -0.39 is 0 Å². The van der Waals surface area contributed by atoms with E-state index >= 15 is 0 Å². The van der Waals surface area contributed by atoms with Crippen LogP contribution in [0, 0.1) is 11.3 Å². The van der Waals surface area contributed by atoms with Crippen molar-refractivity contribution in [3.63, 3.8) is 0 Å². The zero-order valence-electron chi connectivity index (χ0n) is 5.76. The van der Waals surface area contributed by atoms with E-state index in [9.17, 15) is 0 Å². The van der Waals surface area contributed by atoms with E-state index in [4.69, 9.17) is 5.26 Å². The van der Waals surface area contributed by atoms with Crippen molar-refractivity contribution in [2.45, 2.75) is 6.92 Å². The number of allylic oxidation sites excluding steroid dienone is 1. The molecule has 50 valence electrons. The molecule has 0 saturated heterocycles. The molecule has 0 spiro atoms. The first kappa shape index (κ1) is 6.63. The van der Waals surface area contributed by atoms with Gasteiger partial charge in [0, 0.05) is 18.0 Å². The van der Waals surface area contributed by atoms with Crippen LogP contribution in [-0.4, -0.2) is 4.98 Å². The molecular formula is C8H8N2. The van der Waals surface area contributed by atoms with Gasteiger partial charge in [0.25, 0.3) is 0 Å². The third-order valence-electron chi connectivity index (χ3n) is 1.18. The van der Waals surface area contributed by atoms with Crippen molar-refractivity contribution in [1.82, 2.24) is 4.98 Å². The third-order valence-corrected chi connectivity index (χ3v) is 1.18. The average molecular weight is 132 g/mol. The van der Waals surface area contributed by atoms with E-state index in [1.807, 2.05) is 24.5 Å². The lowest BCUT2D eigenvalue weighted by Crippen LogP contribution is -1.66. The Bertz CT molecular complexity index is 262. The van der Waals surface area contributed by atoms with Crippen LogP contribution >= 0.6 is 0 Å². The number of hydrogen-bond donors (Lipinski definition) is 1. The van der Waals surface area contributed by atoms with Gasteiger partial charge in [0.2, 0.25) is 0 Å². The summed E-state index contributed by atoms with van der Waals surface area (Å²) in [4.78, 5) is 2.91. The van der Waals surface area contributed by atoms with Crippen molar-refractivity contribution in [3.05, 3.63) is 29.6 Å². The van der Waals surface area contributed by atoms with Crippen LogP contribution in [0.25, 0.3) is 6.08 Å². The number of nitriles is 1. The molecule has 0 aromatic carbocycles. The first-order valence-corrected chi connectivity index (χ1v) is 3.04. The van der Waals surface area contributed by atoms with Crippen LogP contribution in [0.2, 0.25) is 0 Å². The molecule has 0 saturated carbocycles. The average Bonchev–Trinajstić information content (AvgIpc) is 2.40. The minimum atomic E-state index is 0.722. The minimum absolute atomic E-state index is 0.722. The van der Waals surface area contributed by atoms with E-state index in [2.05, 4.69) is 11.1 Å². The smallest absolute Gasteiger partial charge is 0.0944 e. The Kier molecular flexibility index (Phi) is 1.91. The highest BCUT2D eigenvalue weighted by molar-refractivity contribution is 5.55. The second-order valence-electron chi connectivity index (χ2n) is 2.08. The lowest BCUT2D eigenvalue weighted by Gasteiger charge is -1.82. The molecule has 0 amide bonds. The van der Waals surface area contributed by atoms with Gasteiger partial charge in [-0.3, -0.25) is 0 Å². The number of nitrogens with one attached hydrogen (secondary N) is 1. The van der Waals surface area contributed by atoms with Gasteiger partial charge in [-0.15, -0.1) is 0 Å². The van der Waals surface area contributed by atoms with Crippen LogP contribution in [0.3, 0.4) is 0 Å². The van der Waals surface area contributed by atoms with Gasteiger partial charge in [-0.25, -0.2) is 0 Å². The number of hydrogen-bond acceptors (Lipinski definition) is 1. The Morgan fingerprint density at radius 2 is 2.60 bits per heavy atom. The van der Waals surface area contributed by atoms with E-state index in [-0.39, 0.29) is 0 Å². The molecule has 0 fully saturated rings. The number of aromatic nitrogens is 1. The molecule has 2 nitrogen and oxygen atoms in total. The zero-order chi connectivity index (χ0) is 7.40. The first-order valence-electron chi connectivity index (χ1n) is 3.04. The molecular weight excluding hydrogens is 124 g/mol. The summed E-state index contributed by atoms with van der Waals surface area (Å²) >= 11 is 0. The van der Waals surface area contributed by atoms with Gasteiger partial charge >= 0.3 is 0 Å². The molecule has 0 aliphatic heterocycles. The number of rotatable bonds is 1. The highest BCUT2D eigenvalue weighted by atomic mass is 14.6. The van der Waals surface area contributed by atoms with Crippen LogP contribution < -0.4 is 0 Å². The summed E-state index contributed by atoms with van der Waals surface area (Å²) in [6, 6.07) is 3.97. The molecule has 0 aliphatic carbocycles. The van der Waals surface area contributed by atoms with Gasteiger partial charge in [-0.1, -0.05) is 0 Å². The molecule has 1 rings (SSSR count). The van der Waals surface area contributed by atoms with Crippen molar-refractivity contribution in [1.29, 1.82) is 5.26 Å². The Hall–Kier alpha value is -1.49. The normalized spacial score (nSPS) is 11.0. The van der Waals surface area contributed by atoms with Crippen LogP contribution in [0.15, 0.2) is 24.0 Å². The summed E-state index contributed by atoms with van der Waals surface area (Å²) in [7, 11) is 0. The van der Waals surface area contributed by atoms with E-state index in [1.54, 1.807) is 6.92 Å². The molecule has 0 atom stereocenters. The predicted molar refractivity (Wildman–Crippen MR) is 40.1 cm³/mol. The lowest BCUT2D eigenvalue weighted by molar-refractivity contribution is 1.41. The predicted octanol–water partition coefficient (Wildman–Crippen LogP) is 1.94. The number of H-pyrrole nitrogens is 1. The molecule has 1 aromatic rings. The summed E-state index contributed by atoms with van der Waals surface area (Å²) in [5, 5.41) is 8.41. The molecule has 1 aromatic heterocycles. The van der Waals surface area contributed by atoms with Crippen molar-refractivity contribution in [2.75, 3.05) is 0 Å². The summed E-state index contributed by atoms with van der Waals surface area (Å²) in [5.41, 5.74) is 1.76. The van der Waals surface area contributed by atoms with Gasteiger partial charge in [0.1, 0.15) is 0 Å². The molecule has 10 heavy (non-hydrogen) atoms. The standard InChI is InChI=1S/C8H8N2/c1-7(5-9)4-8-2-3-10-6-8/h2-4,6,10H,1H3/b7-4-. The number of aromatic amines is 1. The summed E-state index contributed by atoms with van der Waals surface area (Å²) in [5.74, 6) is 0. The third kappa shape index (κ3) is 1.49. The Morgan fingerprint density at radius 1 is 1.80 bits per heavy atom. The van der Waals surface area contributed by atoms with Crippen LogP contribution in [0.1, 0.15) is 12.5 Å². The topological polar surface area (TPSA) is 39.6 Å². The Labute approximate surface area is 59.8 Å². The summed E-state index contributed by atoms with van der Waals surface area (Å²) in [6.07, 6.45) is 5.51. The van der Waals surface area contributed by atoms with Gasteiger partial charge in [-0.05, 0) is 24.6 Å². The summed E-state index contributed by atoms with van der Waals surface area (Å²) in [6.45, 7) is 1.78. The van der Waals surface area contributed by atoms with Gasteiger partial charge in [0.15, 0.2) is 0 Å². The molecule has 0 bridgehead atoms. The first-order chi connectivity index (χ1) is 4.83. The zero-order valence-corrected chi connectivity index (χ0v) is 5.76. The van der Waals surface area contributed by atoms with Crippen molar-refractivity contribution in [3.8, 4) is 6.07 Å². The maximum atomic E-state index is 8.41. The van der Waals surface area contributed by atoms with Gasteiger partial charge in [0.05, 0.1) is 6.07 Å². The Balaban J connectivity index is 2.83. The second-order valence-corrected chi connectivity index (χ2v) is 2.08. The fourth-order valence-electron chi connectivity index (χ4n) is 0.709. The number of nitrogens with zero attached hydrogens (tertiary/aromatic N) is 1. The van der Waals surface area contributed by atoms with Gasteiger partial charge in [-0.2, -0.15) is 5.26 Å². The maximum Gasteiger partial charge on any atom is 0.0944 e.